The van der Waals surface area contributed by atoms with Crippen molar-refractivity contribution in [3.63, 3.8) is 0 Å². The molecule has 1 unspecified atom stereocenters. The molecule has 5 nitrogen and oxygen atoms in total. The summed E-state index contributed by atoms with van der Waals surface area (Å²) in [5.41, 5.74) is 5.89. The molecule has 25 heavy (non-hydrogen) atoms. The van der Waals surface area contributed by atoms with E-state index in [9.17, 15) is 4.79 Å². The van der Waals surface area contributed by atoms with E-state index in [1.54, 1.807) is 6.92 Å². The molecule has 1 aliphatic heterocycles. The molecule has 0 spiro atoms. The molecule has 1 fully saturated rings. The van der Waals surface area contributed by atoms with E-state index >= 15 is 0 Å². The average Bonchev–Trinajstić information content (AvgIpc) is 2.54. The minimum Gasteiger partial charge on any atom is -0.379 e. The number of nitrogens with one attached hydrogen (secondary N) is 1. The van der Waals surface area contributed by atoms with Crippen LogP contribution in [0.5, 0.6) is 0 Å². The second kappa shape index (κ2) is 10.1. The van der Waals surface area contributed by atoms with Crippen molar-refractivity contribution in [3.8, 4) is 0 Å². The molecule has 1 aromatic carbocycles. The van der Waals surface area contributed by atoms with Crippen LogP contribution in [0.25, 0.3) is 0 Å². The molecule has 3 N–H and O–H groups in total. The first-order valence-electron chi connectivity index (χ1n) is 7.89. The van der Waals surface area contributed by atoms with E-state index in [4.69, 9.17) is 10.5 Å². The summed E-state index contributed by atoms with van der Waals surface area (Å²) in [5.74, 6) is -0.166. The van der Waals surface area contributed by atoms with Gasteiger partial charge in [0.25, 0.3) is 0 Å². The third-order valence-electron chi connectivity index (χ3n) is 4.46. The van der Waals surface area contributed by atoms with Gasteiger partial charge < -0.3 is 15.8 Å². The zero-order valence-electron chi connectivity index (χ0n) is 14.9. The van der Waals surface area contributed by atoms with E-state index in [0.717, 1.165) is 36.3 Å². The van der Waals surface area contributed by atoms with Crippen molar-refractivity contribution in [3.05, 3.63) is 34.3 Å². The second-order valence-corrected chi connectivity index (χ2v) is 7.72. The standard InChI is InChI=1S/C17H26BrN3O2.2ClH/c1-16(2,21-8-10-23-11-9-21)12-20-15(22)17(3,19)13-4-6-14(18)7-5-13;;/h4-7H,8-12,19H2,1-3H3,(H,20,22);2*1H. The van der Waals surface area contributed by atoms with Crippen LogP contribution >= 0.6 is 40.7 Å². The highest BCUT2D eigenvalue weighted by atomic mass is 79.9. The largest absolute Gasteiger partial charge is 0.379 e. The lowest BCUT2D eigenvalue weighted by Gasteiger charge is -2.41. The van der Waals surface area contributed by atoms with Crippen LogP contribution in [0.2, 0.25) is 0 Å². The minimum absolute atomic E-state index is 0. The van der Waals surface area contributed by atoms with Crippen molar-refractivity contribution in [2.45, 2.75) is 31.8 Å². The summed E-state index contributed by atoms with van der Waals surface area (Å²) in [7, 11) is 0. The Morgan fingerprint density at radius 3 is 2.24 bits per heavy atom. The van der Waals surface area contributed by atoms with Crippen molar-refractivity contribution in [1.29, 1.82) is 0 Å². The first-order valence-corrected chi connectivity index (χ1v) is 8.69. The van der Waals surface area contributed by atoms with Crippen molar-refractivity contribution in [2.24, 2.45) is 5.73 Å². The maximum absolute atomic E-state index is 12.6. The first-order chi connectivity index (χ1) is 10.7. The Kier molecular flexibility index (Phi) is 9.94. The van der Waals surface area contributed by atoms with Crippen molar-refractivity contribution in [2.75, 3.05) is 32.8 Å². The van der Waals surface area contributed by atoms with Gasteiger partial charge in [0.1, 0.15) is 5.54 Å². The number of morpholine rings is 1. The number of benzene rings is 1. The van der Waals surface area contributed by atoms with Gasteiger partial charge in [-0.05, 0) is 38.5 Å². The van der Waals surface area contributed by atoms with Crippen molar-refractivity contribution >= 4 is 46.7 Å². The molecule has 1 aromatic rings. The molecule has 2 rings (SSSR count). The van der Waals surface area contributed by atoms with E-state index in [0.29, 0.717) is 6.54 Å². The molecular formula is C17H28BrCl2N3O2. The number of hydrogen-bond acceptors (Lipinski definition) is 4. The molecular weight excluding hydrogens is 429 g/mol. The third kappa shape index (κ3) is 6.38. The first kappa shape index (κ1) is 24.6. The van der Waals surface area contributed by atoms with E-state index < -0.39 is 5.54 Å². The van der Waals surface area contributed by atoms with Crippen LogP contribution < -0.4 is 11.1 Å². The molecule has 0 bridgehead atoms. The number of nitrogens with zero attached hydrogens (tertiary/aromatic N) is 1. The Morgan fingerprint density at radius 1 is 1.20 bits per heavy atom. The topological polar surface area (TPSA) is 67.6 Å². The number of amides is 1. The lowest BCUT2D eigenvalue weighted by Crippen LogP contribution is -2.58. The van der Waals surface area contributed by atoms with Gasteiger partial charge in [-0.3, -0.25) is 9.69 Å². The Morgan fingerprint density at radius 2 is 1.72 bits per heavy atom. The van der Waals surface area contributed by atoms with Gasteiger partial charge in [-0.25, -0.2) is 0 Å². The summed E-state index contributed by atoms with van der Waals surface area (Å²) in [6, 6.07) is 7.53. The molecule has 1 saturated heterocycles. The summed E-state index contributed by atoms with van der Waals surface area (Å²) in [6.45, 7) is 9.81. The smallest absolute Gasteiger partial charge is 0.244 e. The molecule has 0 saturated carbocycles. The highest BCUT2D eigenvalue weighted by molar-refractivity contribution is 9.10. The van der Waals surface area contributed by atoms with Gasteiger partial charge in [0.05, 0.1) is 13.2 Å². The van der Waals surface area contributed by atoms with E-state index in [2.05, 4.69) is 40.0 Å². The Labute approximate surface area is 171 Å². The fourth-order valence-corrected chi connectivity index (χ4v) is 2.95. The molecule has 1 heterocycles. The number of hydrogen-bond donors (Lipinski definition) is 2. The van der Waals surface area contributed by atoms with Crippen LogP contribution in [-0.4, -0.2) is 49.2 Å². The highest BCUT2D eigenvalue weighted by Crippen LogP contribution is 2.21. The van der Waals surface area contributed by atoms with Crippen LogP contribution in [0.1, 0.15) is 26.3 Å². The Bertz CT molecular complexity index is 547. The van der Waals surface area contributed by atoms with Crippen LogP contribution in [0.4, 0.5) is 0 Å². The van der Waals surface area contributed by atoms with Gasteiger partial charge in [-0.1, -0.05) is 28.1 Å². The van der Waals surface area contributed by atoms with Gasteiger partial charge in [0.2, 0.25) is 5.91 Å². The Balaban J connectivity index is 0.00000288. The maximum atomic E-state index is 12.6. The van der Waals surface area contributed by atoms with Crippen LogP contribution in [0.15, 0.2) is 28.7 Å². The molecule has 1 atom stereocenters. The summed E-state index contributed by atoms with van der Waals surface area (Å²) in [5, 5.41) is 3.02. The number of ether oxygens (including phenoxy) is 1. The minimum atomic E-state index is -1.05. The van der Waals surface area contributed by atoms with Gasteiger partial charge in [-0.15, -0.1) is 24.8 Å². The summed E-state index contributed by atoms with van der Waals surface area (Å²) in [4.78, 5) is 14.9. The van der Waals surface area contributed by atoms with E-state index in [1.165, 1.54) is 0 Å². The number of carbonyl (C=O) groups is 1. The van der Waals surface area contributed by atoms with Crippen molar-refractivity contribution < 1.29 is 9.53 Å². The quantitative estimate of drug-likeness (QED) is 0.714. The summed E-state index contributed by atoms with van der Waals surface area (Å²) in [6.07, 6.45) is 0. The van der Waals surface area contributed by atoms with Gasteiger partial charge in [0.15, 0.2) is 0 Å². The normalized spacial score (nSPS) is 17.6. The number of halogens is 3. The molecule has 0 aliphatic carbocycles. The lowest BCUT2D eigenvalue weighted by molar-refractivity contribution is -0.126. The molecule has 0 aromatic heterocycles. The number of carbonyl (C=O) groups excluding carboxylic acids is 1. The van der Waals surface area contributed by atoms with Crippen LogP contribution in [0, 0.1) is 0 Å². The molecule has 1 amide bonds. The fraction of sp³-hybridized carbons (Fsp3) is 0.588. The maximum Gasteiger partial charge on any atom is 0.244 e. The van der Waals surface area contributed by atoms with Crippen LogP contribution in [-0.2, 0) is 15.1 Å². The molecule has 1 aliphatic rings. The van der Waals surface area contributed by atoms with E-state index in [1.807, 2.05) is 24.3 Å². The summed E-state index contributed by atoms with van der Waals surface area (Å²) >= 11 is 3.39. The van der Waals surface area contributed by atoms with Gasteiger partial charge in [0, 0.05) is 29.6 Å². The predicted octanol–water partition coefficient (Wildman–Crippen LogP) is 2.69. The number of nitrogens with two attached hydrogens (primary N) is 1. The fourth-order valence-electron chi connectivity index (χ4n) is 2.69. The SMILES string of the molecule is CC(N)(C(=O)NCC(C)(C)N1CCOCC1)c1ccc(Br)cc1.Cl.Cl. The zero-order valence-corrected chi connectivity index (χ0v) is 18.1. The number of rotatable bonds is 5. The third-order valence-corrected chi connectivity index (χ3v) is 4.99. The average molecular weight is 457 g/mol. The monoisotopic (exact) mass is 455 g/mol. The zero-order chi connectivity index (χ0) is 17.1. The molecule has 8 heteroatoms. The summed E-state index contributed by atoms with van der Waals surface area (Å²) < 4.78 is 6.35. The van der Waals surface area contributed by atoms with E-state index in [-0.39, 0.29) is 36.3 Å². The van der Waals surface area contributed by atoms with Gasteiger partial charge >= 0.3 is 0 Å². The molecule has 0 radical (unpaired) electrons. The van der Waals surface area contributed by atoms with Gasteiger partial charge in [-0.2, -0.15) is 0 Å². The van der Waals surface area contributed by atoms with Crippen LogP contribution in [0.3, 0.4) is 0 Å². The predicted molar refractivity (Wildman–Crippen MR) is 110 cm³/mol. The lowest BCUT2D eigenvalue weighted by atomic mass is 9.91. The Hall–Kier alpha value is -0.370. The second-order valence-electron chi connectivity index (χ2n) is 6.80. The van der Waals surface area contributed by atoms with Crippen molar-refractivity contribution in [1.82, 2.24) is 10.2 Å². The molecule has 144 valence electrons. The highest BCUT2D eigenvalue weighted by Gasteiger charge is 2.33.